The number of hydrogen-bond acceptors (Lipinski definition) is 9. The number of rotatable bonds is 11. The van der Waals surface area contributed by atoms with Crippen molar-refractivity contribution in [1.82, 2.24) is 34.9 Å². The lowest BCUT2D eigenvalue weighted by Gasteiger charge is -2.40. The van der Waals surface area contributed by atoms with Crippen molar-refractivity contribution in [3.63, 3.8) is 0 Å². The maximum absolute atomic E-state index is 5.47. The first kappa shape index (κ1) is 47.4. The largest absolute Gasteiger partial charge is 0.306 e. The van der Waals surface area contributed by atoms with Crippen molar-refractivity contribution in [3.05, 3.63) is 285 Å². The molecule has 9 nitrogen and oxygen atoms in total. The van der Waals surface area contributed by atoms with E-state index < -0.39 is 0 Å². The van der Waals surface area contributed by atoms with E-state index in [1.807, 2.05) is 140 Å². The van der Waals surface area contributed by atoms with E-state index in [0.29, 0.717) is 29.2 Å². The van der Waals surface area contributed by atoms with Crippen molar-refractivity contribution < 1.29 is 0 Å². The van der Waals surface area contributed by atoms with Crippen LogP contribution in [0.5, 0.6) is 0 Å². The Kier molecular flexibility index (Phi) is 12.3. The van der Waals surface area contributed by atoms with Gasteiger partial charge in [-0.2, -0.15) is 0 Å². The summed E-state index contributed by atoms with van der Waals surface area (Å²) in [6.07, 6.45) is 0. The van der Waals surface area contributed by atoms with E-state index in [1.54, 1.807) is 0 Å². The Morgan fingerprint density at radius 1 is 0.188 bits per heavy atom. The van der Waals surface area contributed by atoms with Crippen LogP contribution in [0.1, 0.15) is 0 Å². The molecule has 0 saturated heterocycles. The molecule has 0 saturated carbocycles. The molecule has 4 heterocycles. The average Bonchev–Trinajstić information content (AvgIpc) is 3.68. The maximum Gasteiger partial charge on any atom is 0.235 e. The van der Waals surface area contributed by atoms with Gasteiger partial charge < -0.3 is 4.90 Å². The monoisotopic (exact) mass is 1030 g/mol. The molecule has 0 spiro atoms. The highest BCUT2D eigenvalue weighted by molar-refractivity contribution is 6.05. The Hall–Kier alpha value is -11.0. The van der Waals surface area contributed by atoms with E-state index in [4.69, 9.17) is 34.9 Å². The Labute approximate surface area is 463 Å². The van der Waals surface area contributed by atoms with Gasteiger partial charge in [-0.3, -0.25) is 4.90 Å². The van der Waals surface area contributed by atoms with E-state index >= 15 is 0 Å². The Balaban J connectivity index is 1.07. The van der Waals surface area contributed by atoms with Gasteiger partial charge in [0.1, 0.15) is 0 Å². The fourth-order valence-electron chi connectivity index (χ4n) is 10.5. The van der Waals surface area contributed by atoms with Gasteiger partial charge in [0.25, 0.3) is 0 Å². The highest BCUT2D eigenvalue weighted by Gasteiger charge is 2.35. The molecule has 3 aromatic heterocycles. The molecule has 1 aliphatic heterocycles. The fourth-order valence-corrected chi connectivity index (χ4v) is 10.5. The van der Waals surface area contributed by atoms with Crippen LogP contribution in [0.3, 0.4) is 0 Å². The summed E-state index contributed by atoms with van der Waals surface area (Å²) >= 11 is 0. The van der Waals surface area contributed by atoms with E-state index in [-0.39, 0.29) is 0 Å². The van der Waals surface area contributed by atoms with Crippen LogP contribution in [-0.2, 0) is 0 Å². The van der Waals surface area contributed by atoms with Crippen molar-refractivity contribution in [2.24, 2.45) is 0 Å². The molecular formula is C71H47N9. The van der Waals surface area contributed by atoms with Crippen LogP contribution in [0.15, 0.2) is 285 Å². The number of anilines is 6. The average molecular weight is 1030 g/mol. The molecule has 10 aromatic carbocycles. The molecule has 0 unspecified atom stereocenters. The molecule has 0 aliphatic carbocycles. The highest BCUT2D eigenvalue weighted by Crippen LogP contribution is 2.56. The van der Waals surface area contributed by atoms with Crippen LogP contribution in [0.2, 0.25) is 0 Å². The van der Waals surface area contributed by atoms with Gasteiger partial charge in [0.15, 0.2) is 23.3 Å². The number of nitrogens with zero attached hydrogens (tertiary/aromatic N) is 9. The first-order valence-electron chi connectivity index (χ1n) is 26.6. The lowest BCUT2D eigenvalue weighted by Crippen LogP contribution is -2.26. The summed E-state index contributed by atoms with van der Waals surface area (Å²) < 4.78 is 0. The third-order valence-electron chi connectivity index (χ3n) is 14.3. The molecule has 9 heteroatoms. The number of hydrogen-bond donors (Lipinski definition) is 0. The van der Waals surface area contributed by atoms with E-state index in [2.05, 4.69) is 155 Å². The summed E-state index contributed by atoms with van der Waals surface area (Å²) in [7, 11) is 0. The summed E-state index contributed by atoms with van der Waals surface area (Å²) in [6, 6.07) is 97.4. The molecule has 0 N–H and O–H groups in total. The van der Waals surface area contributed by atoms with E-state index in [1.165, 1.54) is 0 Å². The predicted octanol–water partition coefficient (Wildman–Crippen LogP) is 17.7. The van der Waals surface area contributed by atoms with Crippen LogP contribution in [0, 0.1) is 0 Å². The highest BCUT2D eigenvalue weighted by atomic mass is 15.3. The molecule has 0 amide bonds. The smallest absolute Gasteiger partial charge is 0.235 e. The molecule has 1 aliphatic rings. The molecule has 0 fully saturated rings. The summed E-state index contributed by atoms with van der Waals surface area (Å²) in [6.45, 7) is 0. The van der Waals surface area contributed by atoms with Gasteiger partial charge in [0, 0.05) is 44.5 Å². The first-order valence-corrected chi connectivity index (χ1v) is 26.6. The van der Waals surface area contributed by atoms with Crippen molar-refractivity contribution in [3.8, 4) is 102 Å². The van der Waals surface area contributed by atoms with E-state index in [9.17, 15) is 0 Å². The quantitative estimate of drug-likeness (QED) is 0.125. The SMILES string of the molecule is c1ccc(-c2cc(-c3ccccc3)nc(-c3cc(-c4nc(-c5ccccc5)nc(-c5ccccc5)n4)c(N4c5ccccc5N(c5nc(-c6ccccc6)cc(-c6ccccc6)n5)c5ccccc54)cc3-c3ccccc3)n2)cc1. The van der Waals surface area contributed by atoms with Crippen molar-refractivity contribution in [2.75, 3.05) is 9.80 Å². The summed E-state index contributed by atoms with van der Waals surface area (Å²) in [4.78, 5) is 42.3. The molecule has 13 aromatic rings. The second kappa shape index (κ2) is 20.8. The predicted molar refractivity (Wildman–Crippen MR) is 323 cm³/mol. The number of aromatic nitrogens is 7. The normalized spacial score (nSPS) is 11.7. The molecule has 80 heavy (non-hydrogen) atoms. The number of para-hydroxylation sites is 4. The Morgan fingerprint density at radius 2 is 0.487 bits per heavy atom. The van der Waals surface area contributed by atoms with Gasteiger partial charge in [-0.15, -0.1) is 0 Å². The standard InChI is InChI=1S/C71H47N9/c1-8-26-48(27-9-1)55-45-66(79-62-40-22-24-42-64(62)80(65-43-25-23-41-63(65)79)71-74-60(51-32-14-4-15-33-51)47-61(75-71)52-34-16-5-17-35-52)57(70-77-67(53-36-18-6-19-37-53)76-68(78-70)54-38-20-7-21-39-54)44-56(55)69-72-58(49-28-10-2-11-29-49)46-59(73-69)50-30-12-3-13-31-50/h1-47H. The third-order valence-corrected chi connectivity index (χ3v) is 14.3. The summed E-state index contributed by atoms with van der Waals surface area (Å²) in [5.74, 6) is 2.64. The maximum atomic E-state index is 5.47. The topological polar surface area (TPSA) is 96.7 Å². The second-order valence-corrected chi connectivity index (χ2v) is 19.3. The van der Waals surface area contributed by atoms with Crippen molar-refractivity contribution in [2.45, 2.75) is 0 Å². The van der Waals surface area contributed by atoms with Gasteiger partial charge in [0.05, 0.1) is 51.2 Å². The zero-order valence-electron chi connectivity index (χ0n) is 43.2. The van der Waals surface area contributed by atoms with Crippen LogP contribution in [0.4, 0.5) is 34.4 Å². The van der Waals surface area contributed by atoms with Crippen LogP contribution in [0.25, 0.3) is 102 Å². The van der Waals surface area contributed by atoms with Gasteiger partial charge >= 0.3 is 0 Å². The third kappa shape index (κ3) is 9.10. The van der Waals surface area contributed by atoms with Gasteiger partial charge in [-0.25, -0.2) is 34.9 Å². The van der Waals surface area contributed by atoms with Crippen molar-refractivity contribution in [1.29, 1.82) is 0 Å². The number of fused-ring (bicyclic) bond motifs is 2. The summed E-state index contributed by atoms with van der Waals surface area (Å²) in [5.41, 5.74) is 16.7. The zero-order chi connectivity index (χ0) is 53.2. The molecule has 14 rings (SSSR count). The lowest BCUT2D eigenvalue weighted by molar-refractivity contribution is 1.06. The Bertz CT molecular complexity index is 4120. The van der Waals surface area contributed by atoms with Crippen LogP contribution >= 0.6 is 0 Å². The van der Waals surface area contributed by atoms with E-state index in [0.717, 1.165) is 107 Å². The minimum atomic E-state index is 0.472. The van der Waals surface area contributed by atoms with Crippen molar-refractivity contribution >= 4 is 34.4 Å². The first-order chi connectivity index (χ1) is 39.7. The van der Waals surface area contributed by atoms with Gasteiger partial charge in [-0.05, 0) is 59.7 Å². The van der Waals surface area contributed by atoms with Gasteiger partial charge in [-0.1, -0.05) is 237 Å². The zero-order valence-corrected chi connectivity index (χ0v) is 43.2. The van der Waals surface area contributed by atoms with Gasteiger partial charge in [0.2, 0.25) is 5.95 Å². The lowest BCUT2D eigenvalue weighted by atomic mass is 9.93. The molecule has 0 bridgehead atoms. The molecular weight excluding hydrogens is 979 g/mol. The fraction of sp³-hybridized carbons (Fsp3) is 0. The Morgan fingerprint density at radius 3 is 0.875 bits per heavy atom. The minimum Gasteiger partial charge on any atom is -0.306 e. The van der Waals surface area contributed by atoms with Crippen LogP contribution in [-0.4, -0.2) is 34.9 Å². The summed E-state index contributed by atoms with van der Waals surface area (Å²) in [5, 5.41) is 0. The number of benzene rings is 10. The van der Waals surface area contributed by atoms with Crippen LogP contribution < -0.4 is 9.80 Å². The molecule has 0 radical (unpaired) electrons. The second-order valence-electron chi connectivity index (χ2n) is 19.3. The minimum absolute atomic E-state index is 0.472. The molecule has 376 valence electrons. The molecule has 0 atom stereocenters.